The first-order valence-corrected chi connectivity index (χ1v) is 9.20. The van der Waals surface area contributed by atoms with Crippen molar-refractivity contribution in [3.8, 4) is 17.1 Å². The van der Waals surface area contributed by atoms with Crippen LogP contribution in [0.1, 0.15) is 12.2 Å². The van der Waals surface area contributed by atoms with E-state index in [-0.39, 0.29) is 12.5 Å². The SMILES string of the molecule is O=C(COc1ccccc1)N1CCC(Cc2nc(-c3ccccc3)n[nH]2)C1. The Morgan fingerprint density at radius 3 is 2.63 bits per heavy atom. The van der Waals surface area contributed by atoms with E-state index < -0.39 is 0 Å². The van der Waals surface area contributed by atoms with E-state index in [9.17, 15) is 4.79 Å². The fourth-order valence-electron chi connectivity index (χ4n) is 3.36. The Hall–Kier alpha value is -3.15. The molecule has 27 heavy (non-hydrogen) atoms. The van der Waals surface area contributed by atoms with Gasteiger partial charge >= 0.3 is 0 Å². The molecular weight excluding hydrogens is 340 g/mol. The van der Waals surface area contributed by atoms with Crippen LogP contribution in [-0.4, -0.2) is 45.7 Å². The van der Waals surface area contributed by atoms with Crippen LogP contribution in [0, 0.1) is 5.92 Å². The van der Waals surface area contributed by atoms with E-state index in [1.807, 2.05) is 65.6 Å². The van der Waals surface area contributed by atoms with Crippen LogP contribution in [-0.2, 0) is 11.2 Å². The zero-order valence-corrected chi connectivity index (χ0v) is 15.0. The lowest BCUT2D eigenvalue weighted by atomic mass is 10.1. The highest BCUT2D eigenvalue weighted by Gasteiger charge is 2.27. The fourth-order valence-corrected chi connectivity index (χ4v) is 3.36. The van der Waals surface area contributed by atoms with Crippen LogP contribution in [0.25, 0.3) is 11.4 Å². The first-order chi connectivity index (χ1) is 13.3. The molecule has 1 amide bonds. The van der Waals surface area contributed by atoms with Crippen LogP contribution < -0.4 is 4.74 Å². The number of amides is 1. The van der Waals surface area contributed by atoms with Crippen molar-refractivity contribution in [2.75, 3.05) is 19.7 Å². The Kier molecular flexibility index (Phi) is 5.14. The molecule has 2 heterocycles. The van der Waals surface area contributed by atoms with Crippen molar-refractivity contribution in [3.63, 3.8) is 0 Å². The Balaban J connectivity index is 1.28. The fraction of sp³-hybridized carbons (Fsp3) is 0.286. The summed E-state index contributed by atoms with van der Waals surface area (Å²) in [4.78, 5) is 18.8. The van der Waals surface area contributed by atoms with Crippen molar-refractivity contribution in [2.24, 2.45) is 5.92 Å². The monoisotopic (exact) mass is 362 g/mol. The summed E-state index contributed by atoms with van der Waals surface area (Å²) in [7, 11) is 0. The maximum absolute atomic E-state index is 12.4. The van der Waals surface area contributed by atoms with E-state index in [1.165, 1.54) is 0 Å². The van der Waals surface area contributed by atoms with Crippen molar-refractivity contribution in [1.82, 2.24) is 20.1 Å². The first-order valence-electron chi connectivity index (χ1n) is 9.20. The van der Waals surface area contributed by atoms with E-state index in [2.05, 4.69) is 15.2 Å². The van der Waals surface area contributed by atoms with Crippen LogP contribution in [0.15, 0.2) is 60.7 Å². The standard InChI is InChI=1S/C21H22N4O2/c26-20(15-27-18-9-5-2-6-10-18)25-12-11-16(14-25)13-19-22-21(24-23-19)17-7-3-1-4-8-17/h1-10,16H,11-15H2,(H,22,23,24). The summed E-state index contributed by atoms with van der Waals surface area (Å²) >= 11 is 0. The lowest BCUT2D eigenvalue weighted by molar-refractivity contribution is -0.132. The highest BCUT2D eigenvalue weighted by molar-refractivity contribution is 5.78. The van der Waals surface area contributed by atoms with Gasteiger partial charge in [-0.1, -0.05) is 48.5 Å². The number of para-hydroxylation sites is 1. The number of H-pyrrole nitrogens is 1. The minimum absolute atomic E-state index is 0.0314. The summed E-state index contributed by atoms with van der Waals surface area (Å²) in [6.45, 7) is 1.58. The minimum atomic E-state index is 0.0314. The summed E-state index contributed by atoms with van der Waals surface area (Å²) in [5, 5.41) is 7.34. The van der Waals surface area contributed by atoms with Crippen LogP contribution in [0.4, 0.5) is 0 Å². The second-order valence-corrected chi connectivity index (χ2v) is 6.77. The van der Waals surface area contributed by atoms with Gasteiger partial charge in [-0.25, -0.2) is 4.98 Å². The largest absolute Gasteiger partial charge is 0.484 e. The number of aromatic nitrogens is 3. The van der Waals surface area contributed by atoms with Crippen LogP contribution >= 0.6 is 0 Å². The quantitative estimate of drug-likeness (QED) is 0.732. The maximum Gasteiger partial charge on any atom is 0.260 e. The van der Waals surface area contributed by atoms with E-state index in [0.29, 0.717) is 11.7 Å². The molecule has 0 aliphatic carbocycles. The molecule has 0 saturated carbocycles. The van der Waals surface area contributed by atoms with Gasteiger partial charge in [-0.15, -0.1) is 0 Å². The molecule has 1 saturated heterocycles. The second kappa shape index (κ2) is 8.03. The molecule has 1 fully saturated rings. The number of rotatable bonds is 6. The lowest BCUT2D eigenvalue weighted by Crippen LogP contribution is -2.33. The van der Waals surface area contributed by atoms with Gasteiger partial charge in [0.1, 0.15) is 11.6 Å². The van der Waals surface area contributed by atoms with Crippen LogP contribution in [0.2, 0.25) is 0 Å². The Morgan fingerprint density at radius 1 is 1.11 bits per heavy atom. The van der Waals surface area contributed by atoms with E-state index in [0.717, 1.165) is 43.1 Å². The van der Waals surface area contributed by atoms with Crippen molar-refractivity contribution in [1.29, 1.82) is 0 Å². The summed E-state index contributed by atoms with van der Waals surface area (Å²) in [5.41, 5.74) is 1.00. The van der Waals surface area contributed by atoms with Gasteiger partial charge in [0, 0.05) is 25.1 Å². The molecule has 1 unspecified atom stereocenters. The van der Waals surface area contributed by atoms with Gasteiger partial charge in [0.25, 0.3) is 5.91 Å². The third-order valence-corrected chi connectivity index (χ3v) is 4.79. The van der Waals surface area contributed by atoms with Gasteiger partial charge in [0.05, 0.1) is 0 Å². The molecule has 1 atom stereocenters. The average molecular weight is 362 g/mol. The van der Waals surface area contributed by atoms with E-state index in [4.69, 9.17) is 4.74 Å². The normalized spacial score (nSPS) is 16.4. The highest BCUT2D eigenvalue weighted by atomic mass is 16.5. The third kappa shape index (κ3) is 4.34. The predicted molar refractivity (Wildman–Crippen MR) is 102 cm³/mol. The Labute approximate surface area is 158 Å². The number of nitrogens with one attached hydrogen (secondary N) is 1. The van der Waals surface area contributed by atoms with Crippen molar-refractivity contribution in [3.05, 3.63) is 66.5 Å². The second-order valence-electron chi connectivity index (χ2n) is 6.77. The molecule has 0 spiro atoms. The zero-order chi connectivity index (χ0) is 18.5. The zero-order valence-electron chi connectivity index (χ0n) is 15.0. The molecule has 1 N–H and O–H groups in total. The van der Waals surface area contributed by atoms with Gasteiger partial charge in [-0.2, -0.15) is 5.10 Å². The summed E-state index contributed by atoms with van der Waals surface area (Å²) in [5.74, 6) is 2.73. The number of carbonyl (C=O) groups is 1. The molecule has 1 aromatic heterocycles. The summed E-state index contributed by atoms with van der Waals surface area (Å²) in [6.07, 6.45) is 1.77. The van der Waals surface area contributed by atoms with Gasteiger partial charge in [-0.3, -0.25) is 9.89 Å². The molecule has 2 aromatic carbocycles. The summed E-state index contributed by atoms with van der Waals surface area (Å²) < 4.78 is 5.57. The first kappa shape index (κ1) is 17.3. The van der Waals surface area contributed by atoms with Gasteiger partial charge in [0.15, 0.2) is 12.4 Å². The smallest absolute Gasteiger partial charge is 0.260 e. The molecular formula is C21H22N4O2. The van der Waals surface area contributed by atoms with Crippen LogP contribution in [0.3, 0.4) is 0 Å². The lowest BCUT2D eigenvalue weighted by Gasteiger charge is -2.16. The highest BCUT2D eigenvalue weighted by Crippen LogP contribution is 2.21. The number of likely N-dealkylation sites (tertiary alicyclic amines) is 1. The van der Waals surface area contributed by atoms with Crippen molar-refractivity contribution in [2.45, 2.75) is 12.8 Å². The number of ether oxygens (including phenoxy) is 1. The molecule has 6 nitrogen and oxygen atoms in total. The number of carbonyl (C=O) groups excluding carboxylic acids is 1. The van der Waals surface area contributed by atoms with Gasteiger partial charge in [-0.05, 0) is 24.5 Å². The van der Waals surface area contributed by atoms with Crippen molar-refractivity contribution < 1.29 is 9.53 Å². The molecule has 4 rings (SSSR count). The molecule has 3 aromatic rings. The molecule has 1 aliphatic heterocycles. The van der Waals surface area contributed by atoms with Crippen LogP contribution in [0.5, 0.6) is 5.75 Å². The number of hydrogen-bond acceptors (Lipinski definition) is 4. The molecule has 0 radical (unpaired) electrons. The number of hydrogen-bond donors (Lipinski definition) is 1. The Morgan fingerprint density at radius 2 is 1.85 bits per heavy atom. The number of benzene rings is 2. The van der Waals surface area contributed by atoms with E-state index in [1.54, 1.807) is 0 Å². The van der Waals surface area contributed by atoms with Gasteiger partial charge in [0.2, 0.25) is 0 Å². The van der Waals surface area contributed by atoms with E-state index >= 15 is 0 Å². The van der Waals surface area contributed by atoms with Gasteiger partial charge < -0.3 is 9.64 Å². The molecule has 138 valence electrons. The topological polar surface area (TPSA) is 71.1 Å². The minimum Gasteiger partial charge on any atom is -0.484 e. The summed E-state index contributed by atoms with van der Waals surface area (Å²) in [6, 6.07) is 19.3. The molecule has 0 bridgehead atoms. The maximum atomic E-state index is 12.4. The number of aromatic amines is 1. The molecule has 6 heteroatoms. The Bertz CT molecular complexity index is 879. The predicted octanol–water partition coefficient (Wildman–Crippen LogP) is 2.94. The molecule has 1 aliphatic rings. The third-order valence-electron chi connectivity index (χ3n) is 4.79. The average Bonchev–Trinajstić information content (AvgIpc) is 3.38. The number of nitrogens with zero attached hydrogens (tertiary/aromatic N) is 3. The van der Waals surface area contributed by atoms with Crippen molar-refractivity contribution >= 4 is 5.91 Å².